The lowest BCUT2D eigenvalue weighted by Gasteiger charge is -2.06. The summed E-state index contributed by atoms with van der Waals surface area (Å²) in [6, 6.07) is 8.10. The van der Waals surface area contributed by atoms with Crippen LogP contribution in [-0.4, -0.2) is 25.1 Å². The molecule has 1 heterocycles. The molecule has 0 saturated heterocycles. The number of hydrogen-bond acceptors (Lipinski definition) is 6. The topological polar surface area (TPSA) is 88.2 Å². The van der Waals surface area contributed by atoms with E-state index in [-0.39, 0.29) is 17.1 Å². The number of halogens is 2. The Labute approximate surface area is 164 Å². The molecule has 0 aliphatic heterocycles. The number of fused-ring (bicyclic) bond motifs is 1. The van der Waals surface area contributed by atoms with Crippen molar-refractivity contribution < 1.29 is 17.6 Å². The van der Waals surface area contributed by atoms with Gasteiger partial charge in [-0.15, -0.1) is 0 Å². The van der Waals surface area contributed by atoms with Gasteiger partial charge in [0.2, 0.25) is 11.0 Å². The first-order chi connectivity index (χ1) is 12.8. The van der Waals surface area contributed by atoms with Crippen molar-refractivity contribution in [2.24, 2.45) is 0 Å². The molecular formula is C17H15ClFN3O3S2. The molecule has 0 unspecified atom stereocenters. The van der Waals surface area contributed by atoms with Gasteiger partial charge in [-0.05, 0) is 48.9 Å². The Morgan fingerprint density at radius 1 is 1.22 bits per heavy atom. The van der Waals surface area contributed by atoms with Gasteiger partial charge in [0.1, 0.15) is 5.82 Å². The Morgan fingerprint density at radius 3 is 2.63 bits per heavy atom. The second-order valence-corrected chi connectivity index (χ2v) is 9.28. The minimum absolute atomic E-state index is 0.0248. The lowest BCUT2D eigenvalue weighted by molar-refractivity contribution is -0.120. The first-order valence-electron chi connectivity index (χ1n) is 7.85. The molecule has 10 heteroatoms. The Kier molecular flexibility index (Phi) is 5.64. The van der Waals surface area contributed by atoms with Gasteiger partial charge < -0.3 is 0 Å². The molecule has 3 aromatic rings. The number of carbonyl (C=O) groups is 1. The molecule has 2 N–H and O–H groups in total. The van der Waals surface area contributed by atoms with E-state index in [0.717, 1.165) is 27.9 Å². The molecule has 27 heavy (non-hydrogen) atoms. The second-order valence-electron chi connectivity index (χ2n) is 5.73. The van der Waals surface area contributed by atoms with Crippen LogP contribution in [0.15, 0.2) is 41.3 Å². The van der Waals surface area contributed by atoms with Gasteiger partial charge in [0.05, 0.1) is 20.9 Å². The predicted molar refractivity (Wildman–Crippen MR) is 104 cm³/mol. The molecule has 0 spiro atoms. The number of sulfone groups is 1. The lowest BCUT2D eigenvalue weighted by atomic mass is 10.2. The number of hydrazine groups is 1. The maximum absolute atomic E-state index is 12.9. The van der Waals surface area contributed by atoms with Crippen LogP contribution < -0.4 is 10.9 Å². The summed E-state index contributed by atoms with van der Waals surface area (Å²) in [6.07, 6.45) is -0.248. The molecular weight excluding hydrogens is 413 g/mol. The molecule has 0 aliphatic rings. The molecule has 3 rings (SSSR count). The number of nitrogens with zero attached hydrogens (tertiary/aromatic N) is 1. The molecule has 1 amide bonds. The van der Waals surface area contributed by atoms with Crippen LogP contribution >= 0.6 is 22.9 Å². The quantitative estimate of drug-likeness (QED) is 0.462. The molecule has 0 radical (unpaired) electrons. The van der Waals surface area contributed by atoms with Crippen LogP contribution in [0.4, 0.5) is 9.52 Å². The van der Waals surface area contributed by atoms with E-state index in [4.69, 9.17) is 11.6 Å². The highest BCUT2D eigenvalue weighted by molar-refractivity contribution is 7.91. The minimum Gasteiger partial charge on any atom is -0.273 e. The average Bonchev–Trinajstić information content (AvgIpc) is 3.06. The fraction of sp³-hybridized carbons (Fsp3) is 0.176. The van der Waals surface area contributed by atoms with Crippen molar-refractivity contribution in [3.8, 4) is 0 Å². The van der Waals surface area contributed by atoms with E-state index in [0.29, 0.717) is 10.2 Å². The Balaban J connectivity index is 1.58. The summed E-state index contributed by atoms with van der Waals surface area (Å²) in [5.74, 6) is -1.42. The third-order valence-electron chi connectivity index (χ3n) is 3.83. The molecule has 0 atom stereocenters. The standard InChI is InChI=1S/C17H15ClFN3O3S2/c1-10-13(18)6-7-14-16(10)20-17(26-14)22-21-15(23)8-9-27(24,25)12-4-2-11(19)3-5-12/h2-7H,8-9H2,1H3,(H,20,22)(H,21,23). The normalized spacial score (nSPS) is 11.5. The first kappa shape index (κ1) is 19.5. The van der Waals surface area contributed by atoms with Crippen LogP contribution in [0.1, 0.15) is 12.0 Å². The first-order valence-corrected chi connectivity index (χ1v) is 10.7. The van der Waals surface area contributed by atoms with Crippen LogP contribution in [-0.2, 0) is 14.6 Å². The van der Waals surface area contributed by atoms with Crippen molar-refractivity contribution in [3.63, 3.8) is 0 Å². The monoisotopic (exact) mass is 427 g/mol. The number of aryl methyl sites for hydroxylation is 1. The third kappa shape index (κ3) is 4.55. The van der Waals surface area contributed by atoms with Gasteiger partial charge in [-0.25, -0.2) is 17.8 Å². The summed E-state index contributed by atoms with van der Waals surface area (Å²) < 4.78 is 38.1. The van der Waals surface area contributed by atoms with Gasteiger partial charge in [0.15, 0.2) is 9.84 Å². The van der Waals surface area contributed by atoms with Crippen molar-refractivity contribution in [1.82, 2.24) is 10.4 Å². The van der Waals surface area contributed by atoms with E-state index >= 15 is 0 Å². The zero-order valence-corrected chi connectivity index (χ0v) is 16.5. The van der Waals surface area contributed by atoms with Gasteiger partial charge in [-0.2, -0.15) is 0 Å². The fourth-order valence-corrected chi connectivity index (χ4v) is 4.60. The number of rotatable bonds is 6. The molecule has 6 nitrogen and oxygen atoms in total. The Morgan fingerprint density at radius 2 is 1.93 bits per heavy atom. The van der Waals surface area contributed by atoms with Crippen molar-refractivity contribution in [1.29, 1.82) is 0 Å². The smallest absolute Gasteiger partial charge is 0.239 e. The van der Waals surface area contributed by atoms with Crippen LogP contribution in [0, 0.1) is 12.7 Å². The maximum atomic E-state index is 12.9. The van der Waals surface area contributed by atoms with Gasteiger partial charge in [-0.3, -0.25) is 15.6 Å². The van der Waals surface area contributed by atoms with Crippen molar-refractivity contribution in [3.05, 3.63) is 52.8 Å². The molecule has 0 saturated carbocycles. The van der Waals surface area contributed by atoms with Crippen molar-refractivity contribution in [2.45, 2.75) is 18.2 Å². The van der Waals surface area contributed by atoms with Crippen LogP contribution in [0.3, 0.4) is 0 Å². The van der Waals surface area contributed by atoms with Crippen molar-refractivity contribution in [2.75, 3.05) is 11.2 Å². The number of nitrogens with one attached hydrogen (secondary N) is 2. The third-order valence-corrected chi connectivity index (χ3v) is 6.90. The Bertz CT molecular complexity index is 1100. The van der Waals surface area contributed by atoms with Crippen LogP contribution in [0.2, 0.25) is 5.02 Å². The predicted octanol–water partition coefficient (Wildman–Crippen LogP) is 3.70. The molecule has 1 aromatic heterocycles. The van der Waals surface area contributed by atoms with E-state index in [1.54, 1.807) is 6.07 Å². The lowest BCUT2D eigenvalue weighted by Crippen LogP contribution is -2.30. The van der Waals surface area contributed by atoms with E-state index in [9.17, 15) is 17.6 Å². The zero-order chi connectivity index (χ0) is 19.6. The van der Waals surface area contributed by atoms with E-state index in [2.05, 4.69) is 15.8 Å². The van der Waals surface area contributed by atoms with Gasteiger partial charge in [-0.1, -0.05) is 22.9 Å². The molecule has 2 aromatic carbocycles. The number of thiazole rings is 1. The van der Waals surface area contributed by atoms with Gasteiger partial charge in [0, 0.05) is 11.4 Å². The van der Waals surface area contributed by atoms with Crippen molar-refractivity contribution >= 4 is 54.0 Å². The highest BCUT2D eigenvalue weighted by Crippen LogP contribution is 2.31. The summed E-state index contributed by atoms with van der Waals surface area (Å²) in [4.78, 5) is 16.3. The summed E-state index contributed by atoms with van der Waals surface area (Å²) in [6.45, 7) is 1.85. The van der Waals surface area contributed by atoms with Gasteiger partial charge >= 0.3 is 0 Å². The summed E-state index contributed by atoms with van der Waals surface area (Å²) >= 11 is 7.40. The Hall–Kier alpha value is -2.23. The van der Waals surface area contributed by atoms with Crippen LogP contribution in [0.25, 0.3) is 10.2 Å². The highest BCUT2D eigenvalue weighted by atomic mass is 35.5. The summed E-state index contributed by atoms with van der Waals surface area (Å²) in [5.41, 5.74) is 6.69. The minimum atomic E-state index is -3.67. The van der Waals surface area contributed by atoms with Gasteiger partial charge in [0.25, 0.3) is 0 Å². The SMILES string of the molecule is Cc1c(Cl)ccc2sc(NNC(=O)CCS(=O)(=O)c3ccc(F)cc3)nc12. The largest absolute Gasteiger partial charge is 0.273 e. The number of anilines is 1. The highest BCUT2D eigenvalue weighted by Gasteiger charge is 2.17. The number of benzene rings is 2. The number of amides is 1. The molecule has 0 aliphatic carbocycles. The maximum Gasteiger partial charge on any atom is 0.239 e. The van der Waals surface area contributed by atoms with E-state index in [1.165, 1.54) is 23.5 Å². The van der Waals surface area contributed by atoms with E-state index < -0.39 is 21.6 Å². The molecule has 0 fully saturated rings. The second kappa shape index (κ2) is 7.79. The molecule has 142 valence electrons. The number of carbonyl (C=O) groups excluding carboxylic acids is 1. The number of hydrogen-bond donors (Lipinski definition) is 2. The zero-order valence-electron chi connectivity index (χ0n) is 14.1. The van der Waals surface area contributed by atoms with Crippen LogP contribution in [0.5, 0.6) is 0 Å². The molecule has 0 bridgehead atoms. The summed E-state index contributed by atoms with van der Waals surface area (Å²) in [5, 5.41) is 1.07. The average molecular weight is 428 g/mol. The number of aromatic nitrogens is 1. The fourth-order valence-electron chi connectivity index (χ4n) is 2.33. The van der Waals surface area contributed by atoms with E-state index in [1.807, 2.05) is 13.0 Å². The summed E-state index contributed by atoms with van der Waals surface area (Å²) in [7, 11) is -3.67.